The van der Waals surface area contributed by atoms with Crippen molar-refractivity contribution in [1.29, 1.82) is 0 Å². The van der Waals surface area contributed by atoms with Crippen LogP contribution < -0.4 is 5.56 Å². The van der Waals surface area contributed by atoms with E-state index in [9.17, 15) is 14.0 Å². The number of rotatable bonds is 6. The van der Waals surface area contributed by atoms with Crippen LogP contribution in [0.5, 0.6) is 0 Å². The first-order valence-electron chi connectivity index (χ1n) is 11.8. The van der Waals surface area contributed by atoms with Crippen molar-refractivity contribution >= 4 is 5.91 Å². The zero-order valence-electron chi connectivity index (χ0n) is 19.3. The van der Waals surface area contributed by atoms with Crippen molar-refractivity contribution in [2.24, 2.45) is 0 Å². The standard InChI is InChI=1S/C29H26FN3O2/c30-24-15-13-21(14-16-24)26-17-18-27(34)33(31-26)20-25-12-7-19-32(25)29(35)28(22-8-3-1-4-9-22)23-10-5-2-6-11-23/h1-6,8-11,13-18,25,28H,7,12,19-20H2/t25-/m0/s1. The van der Waals surface area contributed by atoms with Gasteiger partial charge in [0.25, 0.3) is 5.56 Å². The highest BCUT2D eigenvalue weighted by Gasteiger charge is 2.35. The molecule has 0 radical (unpaired) electrons. The summed E-state index contributed by atoms with van der Waals surface area (Å²) in [4.78, 5) is 28.5. The summed E-state index contributed by atoms with van der Waals surface area (Å²) in [5.41, 5.74) is 2.99. The van der Waals surface area contributed by atoms with Gasteiger partial charge in [-0.3, -0.25) is 9.59 Å². The lowest BCUT2D eigenvalue weighted by molar-refractivity contribution is -0.133. The average Bonchev–Trinajstić information content (AvgIpc) is 3.35. The lowest BCUT2D eigenvalue weighted by atomic mass is 9.90. The van der Waals surface area contributed by atoms with E-state index in [4.69, 9.17) is 0 Å². The fourth-order valence-electron chi connectivity index (χ4n) is 4.80. The summed E-state index contributed by atoms with van der Waals surface area (Å²) in [6.07, 6.45) is 1.68. The first kappa shape index (κ1) is 22.7. The molecular formula is C29H26FN3O2. The Labute approximate surface area is 203 Å². The highest BCUT2D eigenvalue weighted by atomic mass is 19.1. The minimum atomic E-state index is -0.409. The molecule has 35 heavy (non-hydrogen) atoms. The number of halogens is 1. The summed E-state index contributed by atoms with van der Waals surface area (Å²) in [6.45, 7) is 0.960. The predicted molar refractivity (Wildman–Crippen MR) is 133 cm³/mol. The fraction of sp³-hybridized carbons (Fsp3) is 0.207. The number of hydrogen-bond acceptors (Lipinski definition) is 3. The lowest BCUT2D eigenvalue weighted by Gasteiger charge is -2.29. The normalized spacial score (nSPS) is 15.5. The molecule has 1 aliphatic heterocycles. The van der Waals surface area contributed by atoms with Gasteiger partial charge in [0, 0.05) is 18.2 Å². The van der Waals surface area contributed by atoms with Gasteiger partial charge in [0.15, 0.2) is 0 Å². The topological polar surface area (TPSA) is 55.2 Å². The molecule has 0 unspecified atom stereocenters. The van der Waals surface area contributed by atoms with Crippen LogP contribution in [-0.2, 0) is 11.3 Å². The Morgan fingerprint density at radius 3 is 2.14 bits per heavy atom. The molecule has 5 nitrogen and oxygen atoms in total. The number of nitrogens with zero attached hydrogens (tertiary/aromatic N) is 3. The summed E-state index contributed by atoms with van der Waals surface area (Å²) in [7, 11) is 0. The summed E-state index contributed by atoms with van der Waals surface area (Å²) in [6, 6.07) is 28.6. The van der Waals surface area contributed by atoms with E-state index < -0.39 is 5.92 Å². The number of hydrogen-bond donors (Lipinski definition) is 0. The van der Waals surface area contributed by atoms with Crippen molar-refractivity contribution in [1.82, 2.24) is 14.7 Å². The van der Waals surface area contributed by atoms with Crippen LogP contribution >= 0.6 is 0 Å². The largest absolute Gasteiger partial charge is 0.337 e. The maximum absolute atomic E-state index is 13.9. The van der Waals surface area contributed by atoms with Gasteiger partial charge in [-0.15, -0.1) is 0 Å². The Balaban J connectivity index is 1.43. The average molecular weight is 468 g/mol. The van der Waals surface area contributed by atoms with E-state index in [0.717, 1.165) is 29.5 Å². The second kappa shape index (κ2) is 10.1. The van der Waals surface area contributed by atoms with E-state index in [1.807, 2.05) is 65.6 Å². The minimum absolute atomic E-state index is 0.0349. The molecule has 1 amide bonds. The lowest BCUT2D eigenvalue weighted by Crippen LogP contribution is -2.43. The Hall–Kier alpha value is -4.06. The molecule has 6 heteroatoms. The van der Waals surface area contributed by atoms with Crippen LogP contribution in [0.25, 0.3) is 11.3 Å². The third kappa shape index (κ3) is 4.92. The molecule has 1 atom stereocenters. The van der Waals surface area contributed by atoms with Crippen LogP contribution in [0.1, 0.15) is 29.9 Å². The second-order valence-electron chi connectivity index (χ2n) is 8.83. The zero-order valence-corrected chi connectivity index (χ0v) is 19.3. The first-order chi connectivity index (χ1) is 17.1. The highest BCUT2D eigenvalue weighted by Crippen LogP contribution is 2.30. The molecule has 1 aliphatic rings. The molecule has 1 saturated heterocycles. The van der Waals surface area contributed by atoms with Crippen molar-refractivity contribution in [2.75, 3.05) is 6.54 Å². The number of benzene rings is 3. The van der Waals surface area contributed by atoms with Gasteiger partial charge < -0.3 is 4.90 Å². The van der Waals surface area contributed by atoms with Crippen LogP contribution in [-0.4, -0.2) is 33.2 Å². The van der Waals surface area contributed by atoms with Gasteiger partial charge in [-0.05, 0) is 54.3 Å². The van der Waals surface area contributed by atoms with Crippen LogP contribution in [0.3, 0.4) is 0 Å². The maximum atomic E-state index is 13.9. The molecule has 0 bridgehead atoms. The molecule has 4 aromatic rings. The highest BCUT2D eigenvalue weighted by molar-refractivity contribution is 5.87. The molecule has 3 aromatic carbocycles. The molecule has 176 valence electrons. The number of likely N-dealkylation sites (tertiary alicyclic amines) is 1. The molecule has 0 N–H and O–H groups in total. The first-order valence-corrected chi connectivity index (χ1v) is 11.8. The Morgan fingerprint density at radius 1 is 0.886 bits per heavy atom. The molecule has 5 rings (SSSR count). The Morgan fingerprint density at radius 2 is 1.51 bits per heavy atom. The number of carbonyl (C=O) groups excluding carboxylic acids is 1. The number of aromatic nitrogens is 2. The van der Waals surface area contributed by atoms with E-state index >= 15 is 0 Å². The quantitative estimate of drug-likeness (QED) is 0.407. The van der Waals surface area contributed by atoms with Crippen molar-refractivity contribution in [3.63, 3.8) is 0 Å². The third-order valence-electron chi connectivity index (χ3n) is 6.56. The summed E-state index contributed by atoms with van der Waals surface area (Å²) >= 11 is 0. The van der Waals surface area contributed by atoms with E-state index in [1.54, 1.807) is 18.2 Å². The van der Waals surface area contributed by atoms with Gasteiger partial charge in [-0.2, -0.15) is 5.10 Å². The fourth-order valence-corrected chi connectivity index (χ4v) is 4.80. The maximum Gasteiger partial charge on any atom is 0.266 e. The molecule has 1 fully saturated rings. The molecule has 1 aromatic heterocycles. The molecule has 0 saturated carbocycles. The number of carbonyl (C=O) groups is 1. The molecule has 2 heterocycles. The van der Waals surface area contributed by atoms with Crippen molar-refractivity contribution in [3.8, 4) is 11.3 Å². The Kier molecular flexibility index (Phi) is 6.53. The van der Waals surface area contributed by atoms with E-state index in [-0.39, 0.29) is 23.3 Å². The van der Waals surface area contributed by atoms with Crippen molar-refractivity contribution in [3.05, 3.63) is 124 Å². The van der Waals surface area contributed by atoms with Crippen molar-refractivity contribution in [2.45, 2.75) is 31.3 Å². The van der Waals surface area contributed by atoms with Gasteiger partial charge in [-0.1, -0.05) is 60.7 Å². The van der Waals surface area contributed by atoms with E-state index in [0.29, 0.717) is 18.8 Å². The minimum Gasteiger partial charge on any atom is -0.337 e. The summed E-state index contributed by atoms with van der Waals surface area (Å²) in [5, 5.41) is 4.53. The van der Waals surface area contributed by atoms with Crippen molar-refractivity contribution < 1.29 is 9.18 Å². The van der Waals surface area contributed by atoms with E-state index in [1.165, 1.54) is 22.9 Å². The predicted octanol–water partition coefficient (Wildman–Crippen LogP) is 4.87. The van der Waals surface area contributed by atoms with Gasteiger partial charge in [0.1, 0.15) is 5.82 Å². The van der Waals surface area contributed by atoms with Gasteiger partial charge >= 0.3 is 0 Å². The van der Waals surface area contributed by atoms with Gasteiger partial charge in [-0.25, -0.2) is 9.07 Å². The Bertz CT molecular complexity index is 1310. The monoisotopic (exact) mass is 467 g/mol. The summed E-state index contributed by atoms with van der Waals surface area (Å²) in [5.74, 6) is -0.700. The zero-order chi connectivity index (χ0) is 24.2. The second-order valence-corrected chi connectivity index (χ2v) is 8.83. The SMILES string of the molecule is O=C(C(c1ccccc1)c1ccccc1)N1CCC[C@H]1Cn1nc(-c2ccc(F)cc2)ccc1=O. The molecule has 0 spiro atoms. The van der Waals surface area contributed by atoms with E-state index in [2.05, 4.69) is 5.10 Å². The molecule has 0 aliphatic carbocycles. The molecular weight excluding hydrogens is 441 g/mol. The van der Waals surface area contributed by atoms with Gasteiger partial charge in [0.2, 0.25) is 5.91 Å². The van der Waals surface area contributed by atoms with Crippen LogP contribution in [0.2, 0.25) is 0 Å². The van der Waals surface area contributed by atoms with Crippen LogP contribution in [0.15, 0.2) is 102 Å². The smallest absolute Gasteiger partial charge is 0.266 e. The number of amides is 1. The van der Waals surface area contributed by atoms with Crippen LogP contribution in [0, 0.1) is 5.82 Å². The summed E-state index contributed by atoms with van der Waals surface area (Å²) < 4.78 is 14.8. The third-order valence-corrected chi connectivity index (χ3v) is 6.56. The van der Waals surface area contributed by atoms with Gasteiger partial charge in [0.05, 0.1) is 24.2 Å². The van der Waals surface area contributed by atoms with Crippen LogP contribution in [0.4, 0.5) is 4.39 Å².